The van der Waals surface area contributed by atoms with Gasteiger partial charge in [-0.1, -0.05) is 6.08 Å². The number of rotatable bonds is 4. The third-order valence-electron chi connectivity index (χ3n) is 3.85. The van der Waals surface area contributed by atoms with E-state index < -0.39 is 0 Å². The first-order valence-corrected chi connectivity index (χ1v) is 6.95. The van der Waals surface area contributed by atoms with Crippen LogP contribution >= 0.6 is 0 Å². The topological polar surface area (TPSA) is 41.6 Å². The minimum Gasteiger partial charge on any atom is -0.380 e. The molecule has 2 aliphatic heterocycles. The number of amides is 1. The Morgan fingerprint density at radius 3 is 3.11 bits per heavy atom. The molecule has 102 valence electrons. The SMILES string of the molecule is COCC1=CCN(C(=O)CC2CCCNC2)CC1. The van der Waals surface area contributed by atoms with Crippen LogP contribution in [-0.4, -0.2) is 50.7 Å². The van der Waals surface area contributed by atoms with Gasteiger partial charge in [-0.25, -0.2) is 0 Å². The van der Waals surface area contributed by atoms with E-state index in [2.05, 4.69) is 11.4 Å². The third kappa shape index (κ3) is 3.82. The minimum absolute atomic E-state index is 0.316. The molecule has 1 saturated heterocycles. The highest BCUT2D eigenvalue weighted by Crippen LogP contribution is 2.18. The Morgan fingerprint density at radius 2 is 2.50 bits per heavy atom. The molecule has 0 saturated carbocycles. The molecule has 0 aromatic heterocycles. The molecule has 0 bridgehead atoms. The van der Waals surface area contributed by atoms with Gasteiger partial charge in [0.25, 0.3) is 0 Å². The summed E-state index contributed by atoms with van der Waals surface area (Å²) in [7, 11) is 1.72. The van der Waals surface area contributed by atoms with Gasteiger partial charge in [0.2, 0.25) is 5.91 Å². The van der Waals surface area contributed by atoms with E-state index in [1.165, 1.54) is 18.4 Å². The van der Waals surface area contributed by atoms with Crippen molar-refractivity contribution in [2.45, 2.75) is 25.7 Å². The zero-order valence-electron chi connectivity index (χ0n) is 11.3. The fraction of sp³-hybridized carbons (Fsp3) is 0.786. The second kappa shape index (κ2) is 6.90. The number of carbonyl (C=O) groups excluding carboxylic acids is 1. The number of ether oxygens (including phenoxy) is 1. The van der Waals surface area contributed by atoms with Gasteiger partial charge in [-0.05, 0) is 43.8 Å². The summed E-state index contributed by atoms with van der Waals surface area (Å²) >= 11 is 0. The Hall–Kier alpha value is -0.870. The molecule has 0 aromatic carbocycles. The van der Waals surface area contributed by atoms with Crippen LogP contribution in [-0.2, 0) is 9.53 Å². The Morgan fingerprint density at radius 1 is 1.61 bits per heavy atom. The highest BCUT2D eigenvalue weighted by atomic mass is 16.5. The molecule has 1 atom stereocenters. The Labute approximate surface area is 109 Å². The number of piperidine rings is 1. The van der Waals surface area contributed by atoms with Crippen molar-refractivity contribution in [3.63, 3.8) is 0 Å². The molecule has 1 N–H and O–H groups in total. The summed E-state index contributed by atoms with van der Waals surface area (Å²) in [5.41, 5.74) is 1.32. The van der Waals surface area contributed by atoms with E-state index in [4.69, 9.17) is 4.74 Å². The van der Waals surface area contributed by atoms with Crippen LogP contribution in [0.15, 0.2) is 11.6 Å². The van der Waals surface area contributed by atoms with Gasteiger partial charge in [-0.3, -0.25) is 4.79 Å². The zero-order valence-corrected chi connectivity index (χ0v) is 11.3. The lowest BCUT2D eigenvalue weighted by Gasteiger charge is -2.29. The summed E-state index contributed by atoms with van der Waals surface area (Å²) in [6, 6.07) is 0. The van der Waals surface area contributed by atoms with Crippen molar-refractivity contribution in [2.75, 3.05) is 39.9 Å². The maximum absolute atomic E-state index is 12.2. The van der Waals surface area contributed by atoms with Gasteiger partial charge in [0.15, 0.2) is 0 Å². The van der Waals surface area contributed by atoms with E-state index in [0.717, 1.165) is 32.6 Å². The molecule has 0 aromatic rings. The zero-order chi connectivity index (χ0) is 12.8. The maximum Gasteiger partial charge on any atom is 0.223 e. The van der Waals surface area contributed by atoms with Crippen LogP contribution in [0.5, 0.6) is 0 Å². The van der Waals surface area contributed by atoms with Crippen molar-refractivity contribution in [2.24, 2.45) is 5.92 Å². The molecule has 0 radical (unpaired) electrons. The van der Waals surface area contributed by atoms with Crippen molar-refractivity contribution in [3.05, 3.63) is 11.6 Å². The first-order chi connectivity index (χ1) is 8.79. The highest BCUT2D eigenvalue weighted by molar-refractivity contribution is 5.76. The van der Waals surface area contributed by atoms with Crippen molar-refractivity contribution >= 4 is 5.91 Å². The molecule has 18 heavy (non-hydrogen) atoms. The van der Waals surface area contributed by atoms with Crippen LogP contribution in [0.25, 0.3) is 0 Å². The summed E-state index contributed by atoms with van der Waals surface area (Å²) < 4.78 is 5.12. The van der Waals surface area contributed by atoms with Crippen molar-refractivity contribution in [1.29, 1.82) is 0 Å². The Balaban J connectivity index is 1.76. The number of carbonyl (C=O) groups is 1. The van der Waals surface area contributed by atoms with Gasteiger partial charge in [0.1, 0.15) is 0 Å². The van der Waals surface area contributed by atoms with Gasteiger partial charge < -0.3 is 15.0 Å². The van der Waals surface area contributed by atoms with Gasteiger partial charge >= 0.3 is 0 Å². The lowest BCUT2D eigenvalue weighted by Crippen LogP contribution is -2.39. The number of nitrogens with zero attached hydrogens (tertiary/aromatic N) is 1. The monoisotopic (exact) mass is 252 g/mol. The predicted octanol–water partition coefficient (Wildman–Crippen LogP) is 1.18. The number of hydrogen-bond acceptors (Lipinski definition) is 3. The summed E-state index contributed by atoms with van der Waals surface area (Å²) in [4.78, 5) is 14.1. The average Bonchev–Trinajstić information content (AvgIpc) is 2.41. The Kier molecular flexibility index (Phi) is 5.20. The number of nitrogens with one attached hydrogen (secondary N) is 1. The van der Waals surface area contributed by atoms with Crippen molar-refractivity contribution in [3.8, 4) is 0 Å². The molecular weight excluding hydrogens is 228 g/mol. The second-order valence-electron chi connectivity index (χ2n) is 5.30. The fourth-order valence-corrected chi connectivity index (χ4v) is 2.73. The van der Waals surface area contributed by atoms with Crippen molar-refractivity contribution < 1.29 is 9.53 Å². The highest BCUT2D eigenvalue weighted by Gasteiger charge is 2.22. The molecule has 4 heteroatoms. The molecule has 1 amide bonds. The average molecular weight is 252 g/mol. The van der Waals surface area contributed by atoms with E-state index in [-0.39, 0.29) is 0 Å². The van der Waals surface area contributed by atoms with E-state index >= 15 is 0 Å². The molecule has 4 nitrogen and oxygen atoms in total. The van der Waals surface area contributed by atoms with Crippen LogP contribution in [0.3, 0.4) is 0 Å². The van der Waals surface area contributed by atoms with Crippen LogP contribution < -0.4 is 5.32 Å². The molecule has 1 fully saturated rings. The van der Waals surface area contributed by atoms with Crippen LogP contribution in [0.4, 0.5) is 0 Å². The van der Waals surface area contributed by atoms with E-state index in [9.17, 15) is 4.79 Å². The molecule has 1 unspecified atom stereocenters. The summed E-state index contributed by atoms with van der Waals surface area (Å²) in [6.45, 7) is 4.43. The summed E-state index contributed by atoms with van der Waals surface area (Å²) in [6.07, 6.45) is 6.21. The van der Waals surface area contributed by atoms with E-state index in [1.807, 2.05) is 4.90 Å². The maximum atomic E-state index is 12.2. The number of methoxy groups -OCH3 is 1. The standard InChI is InChI=1S/C14H24N2O2/c1-18-11-12-4-7-16(8-5-12)14(17)9-13-3-2-6-15-10-13/h4,13,15H,2-3,5-11H2,1H3. The first kappa shape index (κ1) is 13.6. The van der Waals surface area contributed by atoms with E-state index in [1.54, 1.807) is 7.11 Å². The third-order valence-corrected chi connectivity index (χ3v) is 3.85. The fourth-order valence-electron chi connectivity index (χ4n) is 2.73. The summed E-state index contributed by atoms with van der Waals surface area (Å²) in [5.74, 6) is 0.854. The molecule has 2 heterocycles. The quantitative estimate of drug-likeness (QED) is 0.764. The molecule has 0 spiro atoms. The van der Waals surface area contributed by atoms with Gasteiger partial charge in [0, 0.05) is 26.6 Å². The molecule has 2 aliphatic rings. The molecule has 2 rings (SSSR count). The number of hydrogen-bond donors (Lipinski definition) is 1. The lowest BCUT2D eigenvalue weighted by molar-refractivity contribution is -0.132. The van der Waals surface area contributed by atoms with Gasteiger partial charge in [0.05, 0.1) is 6.61 Å². The lowest BCUT2D eigenvalue weighted by atomic mass is 9.95. The van der Waals surface area contributed by atoms with E-state index in [0.29, 0.717) is 24.9 Å². The largest absolute Gasteiger partial charge is 0.380 e. The summed E-state index contributed by atoms with van der Waals surface area (Å²) in [5, 5.41) is 3.37. The molecular formula is C14H24N2O2. The second-order valence-corrected chi connectivity index (χ2v) is 5.30. The van der Waals surface area contributed by atoms with Crippen LogP contribution in [0.2, 0.25) is 0 Å². The van der Waals surface area contributed by atoms with Gasteiger partial charge in [-0.2, -0.15) is 0 Å². The van der Waals surface area contributed by atoms with Crippen LogP contribution in [0.1, 0.15) is 25.7 Å². The first-order valence-electron chi connectivity index (χ1n) is 6.95. The Bertz CT molecular complexity index is 309. The minimum atomic E-state index is 0.316. The van der Waals surface area contributed by atoms with Crippen molar-refractivity contribution in [1.82, 2.24) is 10.2 Å². The molecule has 0 aliphatic carbocycles. The smallest absolute Gasteiger partial charge is 0.223 e. The van der Waals surface area contributed by atoms with Gasteiger partial charge in [-0.15, -0.1) is 0 Å². The predicted molar refractivity (Wildman–Crippen MR) is 71.4 cm³/mol. The normalized spacial score (nSPS) is 24.8. The van der Waals surface area contributed by atoms with Crippen LogP contribution in [0, 0.1) is 5.92 Å².